The molecule has 2 heterocycles. The van der Waals surface area contributed by atoms with Gasteiger partial charge in [-0.1, -0.05) is 7.43 Å². The van der Waals surface area contributed by atoms with Gasteiger partial charge in [0.1, 0.15) is 11.6 Å². The molecule has 0 saturated heterocycles. The Hall–Kier alpha value is -1.01. The first-order chi connectivity index (χ1) is 8.11. The summed E-state index contributed by atoms with van der Waals surface area (Å²) in [5.74, 6) is 0.448. The first-order valence-electron chi connectivity index (χ1n) is 4.52. The van der Waals surface area contributed by atoms with E-state index in [2.05, 4.69) is 41.8 Å². The van der Waals surface area contributed by atoms with Gasteiger partial charge in [0.25, 0.3) is 0 Å². The fourth-order valence-corrected chi connectivity index (χ4v) is 1.57. The number of rotatable bonds is 1. The van der Waals surface area contributed by atoms with Crippen LogP contribution in [0.3, 0.4) is 0 Å². The predicted octanol–water partition coefficient (Wildman–Crippen LogP) is 4.47. The molecule has 0 saturated carbocycles. The fourth-order valence-electron chi connectivity index (χ4n) is 0.890. The number of halogens is 3. The average molecular weight is 380 g/mol. The smallest absolute Gasteiger partial charge is 0.142 e. The molecule has 0 spiro atoms. The number of ether oxygens (including phenoxy) is 1. The highest BCUT2D eigenvalue weighted by Crippen LogP contribution is 2.14. The minimum Gasteiger partial charge on any atom is -0.495 e. The summed E-state index contributed by atoms with van der Waals surface area (Å²) in [4.78, 5) is 7.45. The van der Waals surface area contributed by atoms with Crippen LogP contribution in [0, 0.1) is 5.82 Å². The highest BCUT2D eigenvalue weighted by molar-refractivity contribution is 9.10. The second kappa shape index (κ2) is 8.99. The molecule has 2 aromatic heterocycles. The summed E-state index contributed by atoms with van der Waals surface area (Å²) >= 11 is 6.32. The molecule has 0 N–H and O–H groups in total. The van der Waals surface area contributed by atoms with E-state index in [1.807, 2.05) is 6.07 Å². The molecular weight excluding hydrogens is 367 g/mol. The molecule has 0 aliphatic rings. The first kappa shape index (κ1) is 17.0. The van der Waals surface area contributed by atoms with Gasteiger partial charge in [-0.25, -0.2) is 4.39 Å². The van der Waals surface area contributed by atoms with Crippen LogP contribution in [0.15, 0.2) is 45.9 Å². The van der Waals surface area contributed by atoms with E-state index in [0.29, 0.717) is 4.47 Å². The monoisotopic (exact) mass is 378 g/mol. The van der Waals surface area contributed by atoms with Crippen LogP contribution in [0.1, 0.15) is 7.43 Å². The largest absolute Gasteiger partial charge is 0.495 e. The summed E-state index contributed by atoms with van der Waals surface area (Å²) in [5, 5.41) is 0. The number of hydrogen-bond acceptors (Lipinski definition) is 3. The molecule has 18 heavy (non-hydrogen) atoms. The van der Waals surface area contributed by atoms with Gasteiger partial charge >= 0.3 is 0 Å². The molecule has 98 valence electrons. The van der Waals surface area contributed by atoms with Crippen LogP contribution >= 0.6 is 31.9 Å². The standard InChI is InChI=1S/C6H6BrNO.C5H3BrFN.CH4/c1-9-6-2-5(7)3-8-4-6;6-4-1-5(7)3-8-2-4;/h2-4H,1H3;1-3H;1H4. The number of methoxy groups -OCH3 is 1. The Morgan fingerprint density at radius 2 is 1.56 bits per heavy atom. The van der Waals surface area contributed by atoms with E-state index in [0.717, 1.165) is 16.4 Å². The third kappa shape index (κ3) is 6.66. The van der Waals surface area contributed by atoms with E-state index in [4.69, 9.17) is 4.74 Å². The van der Waals surface area contributed by atoms with Crippen molar-refractivity contribution in [2.75, 3.05) is 7.11 Å². The van der Waals surface area contributed by atoms with Gasteiger partial charge in [-0.3, -0.25) is 9.97 Å². The zero-order chi connectivity index (χ0) is 12.7. The van der Waals surface area contributed by atoms with E-state index < -0.39 is 0 Å². The Bertz CT molecular complexity index is 466. The maximum absolute atomic E-state index is 12.1. The van der Waals surface area contributed by atoms with Gasteiger partial charge in [-0.15, -0.1) is 0 Å². The van der Waals surface area contributed by atoms with Crippen molar-refractivity contribution in [3.8, 4) is 5.75 Å². The lowest BCUT2D eigenvalue weighted by Crippen LogP contribution is -1.82. The highest BCUT2D eigenvalue weighted by atomic mass is 79.9. The number of hydrogen-bond donors (Lipinski definition) is 0. The van der Waals surface area contributed by atoms with Gasteiger partial charge in [0.2, 0.25) is 0 Å². The van der Waals surface area contributed by atoms with E-state index in [-0.39, 0.29) is 13.2 Å². The van der Waals surface area contributed by atoms with Crippen LogP contribution in [0.25, 0.3) is 0 Å². The van der Waals surface area contributed by atoms with E-state index in [1.54, 1.807) is 19.5 Å². The van der Waals surface area contributed by atoms with Gasteiger partial charge in [-0.2, -0.15) is 0 Å². The molecule has 0 amide bonds. The number of aromatic nitrogens is 2. The third-order valence-electron chi connectivity index (χ3n) is 1.59. The quantitative estimate of drug-likeness (QED) is 0.733. The molecule has 6 heteroatoms. The number of nitrogens with zero attached hydrogens (tertiary/aromatic N) is 2. The number of pyridine rings is 2. The minimum atomic E-state index is -0.320. The molecule has 0 radical (unpaired) electrons. The molecule has 2 rings (SSSR count). The zero-order valence-electron chi connectivity index (χ0n) is 8.90. The zero-order valence-corrected chi connectivity index (χ0v) is 12.1. The van der Waals surface area contributed by atoms with Crippen LogP contribution in [0.5, 0.6) is 5.75 Å². The van der Waals surface area contributed by atoms with Crippen molar-refractivity contribution < 1.29 is 9.13 Å². The van der Waals surface area contributed by atoms with Crippen molar-refractivity contribution in [2.45, 2.75) is 7.43 Å². The summed E-state index contributed by atoms with van der Waals surface area (Å²) in [6, 6.07) is 3.21. The van der Waals surface area contributed by atoms with Crippen molar-refractivity contribution in [3.05, 3.63) is 51.7 Å². The first-order valence-corrected chi connectivity index (χ1v) is 6.11. The highest BCUT2D eigenvalue weighted by Gasteiger charge is 1.89. The molecule has 0 aliphatic heterocycles. The lowest BCUT2D eigenvalue weighted by Gasteiger charge is -1.96. The molecule has 0 aliphatic carbocycles. The van der Waals surface area contributed by atoms with Gasteiger partial charge < -0.3 is 4.74 Å². The Morgan fingerprint density at radius 1 is 1.00 bits per heavy atom. The fraction of sp³-hybridized carbons (Fsp3) is 0.167. The Morgan fingerprint density at radius 3 is 1.89 bits per heavy atom. The minimum absolute atomic E-state index is 0. The Labute approximate surface area is 123 Å². The summed E-state index contributed by atoms with van der Waals surface area (Å²) in [6.45, 7) is 0. The maximum atomic E-state index is 12.1. The van der Waals surface area contributed by atoms with Crippen molar-refractivity contribution in [3.63, 3.8) is 0 Å². The maximum Gasteiger partial charge on any atom is 0.142 e. The molecule has 0 fully saturated rings. The van der Waals surface area contributed by atoms with Crippen molar-refractivity contribution in [1.82, 2.24) is 9.97 Å². The summed E-state index contributed by atoms with van der Waals surface area (Å²) in [5.41, 5.74) is 0. The van der Waals surface area contributed by atoms with Gasteiger partial charge in [-0.05, 0) is 44.0 Å². The van der Waals surface area contributed by atoms with Crippen LogP contribution in [-0.2, 0) is 0 Å². The van der Waals surface area contributed by atoms with Crippen molar-refractivity contribution in [1.29, 1.82) is 0 Å². The van der Waals surface area contributed by atoms with Gasteiger partial charge in [0, 0.05) is 21.3 Å². The van der Waals surface area contributed by atoms with E-state index >= 15 is 0 Å². The molecule has 0 unspecified atom stereocenters. The lowest BCUT2D eigenvalue weighted by molar-refractivity contribution is 0.412. The predicted molar refractivity (Wildman–Crippen MR) is 77.1 cm³/mol. The molecular formula is C12H13Br2FN2O. The average Bonchev–Trinajstić information content (AvgIpc) is 2.29. The molecule has 0 aromatic carbocycles. The molecule has 0 atom stereocenters. The summed E-state index contributed by atoms with van der Waals surface area (Å²) in [7, 11) is 1.61. The van der Waals surface area contributed by atoms with Gasteiger partial charge in [0.05, 0.1) is 19.5 Å². The molecule has 3 nitrogen and oxygen atoms in total. The molecule has 0 bridgehead atoms. The van der Waals surface area contributed by atoms with Crippen molar-refractivity contribution in [2.24, 2.45) is 0 Å². The lowest BCUT2D eigenvalue weighted by atomic mass is 10.5. The van der Waals surface area contributed by atoms with Crippen LogP contribution in [-0.4, -0.2) is 17.1 Å². The Kier molecular flexibility index (Phi) is 8.49. The summed E-state index contributed by atoms with van der Waals surface area (Å²) < 4.78 is 18.6. The normalized spacial score (nSPS) is 8.67. The van der Waals surface area contributed by atoms with Crippen molar-refractivity contribution >= 4 is 31.9 Å². The second-order valence-electron chi connectivity index (χ2n) is 2.86. The Balaban J connectivity index is 0.000000306. The topological polar surface area (TPSA) is 35.0 Å². The van der Waals surface area contributed by atoms with E-state index in [9.17, 15) is 4.39 Å². The molecule has 2 aromatic rings. The van der Waals surface area contributed by atoms with Crippen LogP contribution in [0.2, 0.25) is 0 Å². The SMILES string of the molecule is C.COc1cncc(Br)c1.Fc1cncc(Br)c1. The second-order valence-corrected chi connectivity index (χ2v) is 4.70. The van der Waals surface area contributed by atoms with Gasteiger partial charge in [0.15, 0.2) is 0 Å². The van der Waals surface area contributed by atoms with Crippen LogP contribution in [0.4, 0.5) is 4.39 Å². The summed E-state index contributed by atoms with van der Waals surface area (Å²) in [6.07, 6.45) is 6.06. The third-order valence-corrected chi connectivity index (χ3v) is 2.45. The van der Waals surface area contributed by atoms with E-state index in [1.165, 1.54) is 12.3 Å². The van der Waals surface area contributed by atoms with Crippen LogP contribution < -0.4 is 4.74 Å².